The number of hydrogen-bond donors (Lipinski definition) is 1. The van der Waals surface area contributed by atoms with Gasteiger partial charge in [0.05, 0.1) is 18.5 Å². The summed E-state index contributed by atoms with van der Waals surface area (Å²) in [6.45, 7) is 5.65. The molecule has 0 atom stereocenters. The summed E-state index contributed by atoms with van der Waals surface area (Å²) in [7, 11) is 0. The van der Waals surface area contributed by atoms with Crippen LogP contribution in [-0.4, -0.2) is 34.9 Å². The van der Waals surface area contributed by atoms with Crippen molar-refractivity contribution in [2.45, 2.75) is 20.8 Å². The van der Waals surface area contributed by atoms with E-state index in [1.54, 1.807) is 6.92 Å². The molecular weight excluding hydrogens is 370 g/mol. The number of carbonyl (C=O) groups excluding carboxylic acids is 2. The van der Waals surface area contributed by atoms with Crippen LogP contribution in [0.4, 0.5) is 5.82 Å². The number of carbonyl (C=O) groups is 2. The van der Waals surface area contributed by atoms with Gasteiger partial charge in [-0.3, -0.25) is 4.79 Å². The maximum absolute atomic E-state index is 12.6. The molecule has 1 amide bonds. The number of ether oxygens (including phenoxy) is 2. The van der Waals surface area contributed by atoms with Crippen LogP contribution in [0.15, 0.2) is 54.7 Å². The summed E-state index contributed by atoms with van der Waals surface area (Å²) in [5.74, 6) is -0.0823. The first-order chi connectivity index (χ1) is 14.0. The number of nitrogens with one attached hydrogen (secondary N) is 1. The first-order valence-electron chi connectivity index (χ1n) is 9.30. The van der Waals surface area contributed by atoms with Gasteiger partial charge >= 0.3 is 5.97 Å². The van der Waals surface area contributed by atoms with E-state index in [1.165, 1.54) is 10.9 Å². The Morgan fingerprint density at radius 2 is 1.83 bits per heavy atom. The van der Waals surface area contributed by atoms with Gasteiger partial charge in [-0.25, -0.2) is 9.48 Å². The number of aryl methyl sites for hydroxylation is 1. The summed E-state index contributed by atoms with van der Waals surface area (Å²) in [5, 5.41) is 6.98. The van der Waals surface area contributed by atoms with E-state index < -0.39 is 11.9 Å². The number of benzene rings is 2. The van der Waals surface area contributed by atoms with Gasteiger partial charge in [-0.2, -0.15) is 5.10 Å². The highest BCUT2D eigenvalue weighted by Gasteiger charge is 2.21. The maximum atomic E-state index is 12.6. The fourth-order valence-corrected chi connectivity index (χ4v) is 2.78. The largest absolute Gasteiger partial charge is 0.483 e. The van der Waals surface area contributed by atoms with Crippen molar-refractivity contribution in [3.8, 4) is 11.4 Å². The van der Waals surface area contributed by atoms with Gasteiger partial charge in [-0.1, -0.05) is 30.3 Å². The number of esters is 1. The standard InChI is InChI=1S/C22H23N3O4/c1-4-28-22(27)18-13-23-25(17-10-6-5-7-11-17)21(18)24-20(26)14-29-19-12-8-9-15(2)16(19)3/h5-13H,4,14H2,1-3H3,(H,24,26). The SMILES string of the molecule is CCOC(=O)c1cnn(-c2ccccc2)c1NC(=O)COc1cccc(C)c1C. The average Bonchev–Trinajstić information content (AvgIpc) is 3.13. The topological polar surface area (TPSA) is 82.5 Å². The third-order valence-electron chi connectivity index (χ3n) is 4.44. The van der Waals surface area contributed by atoms with E-state index in [2.05, 4.69) is 10.4 Å². The van der Waals surface area contributed by atoms with Crippen molar-refractivity contribution < 1.29 is 19.1 Å². The third kappa shape index (κ3) is 4.63. The molecule has 0 unspecified atom stereocenters. The monoisotopic (exact) mass is 393 g/mol. The lowest BCUT2D eigenvalue weighted by Gasteiger charge is -2.13. The van der Waals surface area contributed by atoms with E-state index >= 15 is 0 Å². The predicted molar refractivity (Wildman–Crippen MR) is 110 cm³/mol. The zero-order chi connectivity index (χ0) is 20.8. The minimum atomic E-state index is -0.555. The Morgan fingerprint density at radius 3 is 2.55 bits per heavy atom. The van der Waals surface area contributed by atoms with Gasteiger partial charge in [0.15, 0.2) is 12.4 Å². The normalized spacial score (nSPS) is 10.4. The Bertz CT molecular complexity index is 1010. The fraction of sp³-hybridized carbons (Fsp3) is 0.227. The van der Waals surface area contributed by atoms with Gasteiger partial charge in [0.25, 0.3) is 5.91 Å². The third-order valence-corrected chi connectivity index (χ3v) is 4.44. The van der Waals surface area contributed by atoms with Crippen LogP contribution in [0, 0.1) is 13.8 Å². The number of hydrogen-bond acceptors (Lipinski definition) is 5. The molecule has 3 aromatic rings. The fourth-order valence-electron chi connectivity index (χ4n) is 2.78. The van der Waals surface area contributed by atoms with Crippen molar-refractivity contribution in [3.05, 3.63) is 71.4 Å². The smallest absolute Gasteiger partial charge is 0.343 e. The molecule has 29 heavy (non-hydrogen) atoms. The minimum absolute atomic E-state index is 0.177. The van der Waals surface area contributed by atoms with Gasteiger partial charge < -0.3 is 14.8 Å². The predicted octanol–water partition coefficient (Wildman–Crippen LogP) is 3.68. The number of rotatable bonds is 7. The van der Waals surface area contributed by atoms with Crippen LogP contribution < -0.4 is 10.1 Å². The van der Waals surface area contributed by atoms with Crippen molar-refractivity contribution in [2.75, 3.05) is 18.5 Å². The van der Waals surface area contributed by atoms with E-state index in [1.807, 2.05) is 62.4 Å². The molecule has 7 nitrogen and oxygen atoms in total. The molecule has 0 aliphatic carbocycles. The number of para-hydroxylation sites is 1. The second kappa shape index (κ2) is 9.05. The summed E-state index contributed by atoms with van der Waals surface area (Å²) in [6, 6.07) is 14.9. The molecule has 0 radical (unpaired) electrons. The molecule has 0 fully saturated rings. The quantitative estimate of drug-likeness (QED) is 0.619. The lowest BCUT2D eigenvalue weighted by molar-refractivity contribution is -0.118. The summed E-state index contributed by atoms with van der Waals surface area (Å²) >= 11 is 0. The van der Waals surface area contributed by atoms with Crippen molar-refractivity contribution >= 4 is 17.7 Å². The van der Waals surface area contributed by atoms with E-state index in [9.17, 15) is 9.59 Å². The molecule has 7 heteroatoms. The van der Waals surface area contributed by atoms with Crippen molar-refractivity contribution in [2.24, 2.45) is 0 Å². The van der Waals surface area contributed by atoms with Gasteiger partial charge in [-0.15, -0.1) is 0 Å². The van der Waals surface area contributed by atoms with Crippen LogP contribution in [0.5, 0.6) is 5.75 Å². The highest BCUT2D eigenvalue weighted by Crippen LogP contribution is 2.23. The molecule has 0 saturated carbocycles. The Kier molecular flexibility index (Phi) is 6.29. The van der Waals surface area contributed by atoms with Crippen LogP contribution in [0.2, 0.25) is 0 Å². The van der Waals surface area contributed by atoms with E-state index in [0.29, 0.717) is 11.4 Å². The number of anilines is 1. The molecule has 2 aromatic carbocycles. The van der Waals surface area contributed by atoms with Crippen LogP contribution >= 0.6 is 0 Å². The molecule has 150 valence electrons. The Hall–Kier alpha value is -3.61. The second-order valence-corrected chi connectivity index (χ2v) is 6.41. The van der Waals surface area contributed by atoms with Crippen molar-refractivity contribution in [1.82, 2.24) is 9.78 Å². The summed E-state index contributed by atoms with van der Waals surface area (Å²) in [5.41, 5.74) is 2.93. The summed E-state index contributed by atoms with van der Waals surface area (Å²) in [6.07, 6.45) is 1.38. The maximum Gasteiger partial charge on any atom is 0.343 e. The Morgan fingerprint density at radius 1 is 1.07 bits per heavy atom. The van der Waals surface area contributed by atoms with Crippen LogP contribution in [0.3, 0.4) is 0 Å². The van der Waals surface area contributed by atoms with Crippen molar-refractivity contribution in [1.29, 1.82) is 0 Å². The van der Waals surface area contributed by atoms with Gasteiger partial charge in [0, 0.05) is 0 Å². The first kappa shape index (κ1) is 20.1. The lowest BCUT2D eigenvalue weighted by atomic mass is 10.1. The highest BCUT2D eigenvalue weighted by atomic mass is 16.5. The average molecular weight is 393 g/mol. The van der Waals surface area contributed by atoms with Gasteiger partial charge in [0.1, 0.15) is 11.3 Å². The second-order valence-electron chi connectivity index (χ2n) is 6.41. The molecule has 0 aliphatic heterocycles. The number of aromatic nitrogens is 2. The van der Waals surface area contributed by atoms with E-state index in [4.69, 9.17) is 9.47 Å². The minimum Gasteiger partial charge on any atom is -0.483 e. The number of amides is 1. The zero-order valence-corrected chi connectivity index (χ0v) is 16.6. The van der Waals surface area contributed by atoms with Crippen molar-refractivity contribution in [3.63, 3.8) is 0 Å². The lowest BCUT2D eigenvalue weighted by Crippen LogP contribution is -2.23. The highest BCUT2D eigenvalue weighted by molar-refractivity contribution is 6.00. The molecule has 3 rings (SSSR count). The van der Waals surface area contributed by atoms with E-state index in [-0.39, 0.29) is 24.6 Å². The first-order valence-corrected chi connectivity index (χ1v) is 9.30. The molecular formula is C22H23N3O4. The summed E-state index contributed by atoms with van der Waals surface area (Å²) in [4.78, 5) is 24.9. The van der Waals surface area contributed by atoms with Gasteiger partial charge in [-0.05, 0) is 50.1 Å². The molecule has 1 heterocycles. The summed E-state index contributed by atoms with van der Waals surface area (Å²) < 4.78 is 12.2. The molecule has 0 spiro atoms. The number of nitrogens with zero attached hydrogens (tertiary/aromatic N) is 2. The van der Waals surface area contributed by atoms with Crippen LogP contribution in [0.25, 0.3) is 5.69 Å². The zero-order valence-electron chi connectivity index (χ0n) is 16.6. The molecule has 0 saturated heterocycles. The molecule has 0 aliphatic rings. The Balaban J connectivity index is 1.82. The molecule has 0 bridgehead atoms. The molecule has 1 aromatic heterocycles. The van der Waals surface area contributed by atoms with Crippen LogP contribution in [-0.2, 0) is 9.53 Å². The van der Waals surface area contributed by atoms with E-state index in [0.717, 1.165) is 11.1 Å². The Labute approximate surface area is 169 Å². The van der Waals surface area contributed by atoms with Gasteiger partial charge in [0.2, 0.25) is 0 Å². The van der Waals surface area contributed by atoms with Crippen LogP contribution in [0.1, 0.15) is 28.4 Å². The molecule has 1 N–H and O–H groups in total.